The minimum Gasteiger partial charge on any atom is -0.329 e. The van der Waals surface area contributed by atoms with Gasteiger partial charge >= 0.3 is 6.18 Å². The second-order valence-corrected chi connectivity index (χ2v) is 4.74. The van der Waals surface area contributed by atoms with E-state index in [1.165, 1.54) is 0 Å². The summed E-state index contributed by atoms with van der Waals surface area (Å²) in [5, 5.41) is 0. The standard InChI is InChI=1S/C11H21F3N2/c1-16(7-6-15)8-9-4-2-3-5-10(9)11(12,13)14/h9-10H,2-8,15H2,1H3. The minimum absolute atomic E-state index is 0.245. The van der Waals surface area contributed by atoms with Crippen molar-refractivity contribution < 1.29 is 13.2 Å². The number of likely N-dealkylation sites (N-methyl/N-ethyl adjacent to an activating group) is 1. The lowest BCUT2D eigenvalue weighted by atomic mass is 9.78. The molecule has 2 N–H and O–H groups in total. The van der Waals surface area contributed by atoms with Gasteiger partial charge in [-0.1, -0.05) is 12.8 Å². The van der Waals surface area contributed by atoms with Crippen LogP contribution >= 0.6 is 0 Å². The molecule has 1 aliphatic carbocycles. The van der Waals surface area contributed by atoms with E-state index in [0.29, 0.717) is 38.9 Å². The molecule has 0 aromatic rings. The van der Waals surface area contributed by atoms with Crippen LogP contribution in [0.15, 0.2) is 0 Å². The van der Waals surface area contributed by atoms with Crippen LogP contribution < -0.4 is 5.73 Å². The van der Waals surface area contributed by atoms with Crippen LogP contribution in [0.1, 0.15) is 25.7 Å². The molecule has 16 heavy (non-hydrogen) atoms. The molecule has 5 heteroatoms. The summed E-state index contributed by atoms with van der Waals surface area (Å²) in [6, 6.07) is 0. The summed E-state index contributed by atoms with van der Waals surface area (Å²) in [6.07, 6.45) is -1.41. The smallest absolute Gasteiger partial charge is 0.329 e. The van der Waals surface area contributed by atoms with Crippen LogP contribution in [0.3, 0.4) is 0 Å². The molecule has 0 heterocycles. The molecule has 0 aliphatic heterocycles. The molecule has 2 atom stereocenters. The van der Waals surface area contributed by atoms with E-state index in [1.54, 1.807) is 0 Å². The van der Waals surface area contributed by atoms with Gasteiger partial charge in [0.15, 0.2) is 0 Å². The first kappa shape index (κ1) is 13.8. The van der Waals surface area contributed by atoms with Crippen molar-refractivity contribution in [1.29, 1.82) is 0 Å². The number of nitrogens with zero attached hydrogens (tertiary/aromatic N) is 1. The molecule has 0 radical (unpaired) electrons. The summed E-state index contributed by atoms with van der Waals surface area (Å²) in [5.41, 5.74) is 5.39. The van der Waals surface area contributed by atoms with Crippen molar-refractivity contribution in [3.63, 3.8) is 0 Å². The molecule has 0 amide bonds. The predicted octanol–water partition coefficient (Wildman–Crippen LogP) is 2.25. The van der Waals surface area contributed by atoms with Gasteiger partial charge in [-0.05, 0) is 25.8 Å². The average Bonchev–Trinajstić information content (AvgIpc) is 2.17. The molecule has 0 aromatic heterocycles. The molecule has 1 fully saturated rings. The van der Waals surface area contributed by atoms with E-state index in [9.17, 15) is 13.2 Å². The van der Waals surface area contributed by atoms with Gasteiger partial charge in [-0.3, -0.25) is 0 Å². The van der Waals surface area contributed by atoms with Gasteiger partial charge in [0.2, 0.25) is 0 Å². The van der Waals surface area contributed by atoms with Gasteiger partial charge < -0.3 is 10.6 Å². The molecule has 0 bridgehead atoms. The Balaban J connectivity index is 2.53. The molecular formula is C11H21F3N2. The third-order valence-electron chi connectivity index (χ3n) is 3.39. The highest BCUT2D eigenvalue weighted by atomic mass is 19.4. The lowest BCUT2D eigenvalue weighted by Crippen LogP contribution is -2.40. The first-order valence-corrected chi connectivity index (χ1v) is 5.90. The van der Waals surface area contributed by atoms with Gasteiger partial charge in [-0.2, -0.15) is 13.2 Å². The van der Waals surface area contributed by atoms with E-state index in [0.717, 1.165) is 6.42 Å². The summed E-state index contributed by atoms with van der Waals surface area (Å²) in [4.78, 5) is 1.91. The Kier molecular flexibility index (Phi) is 5.05. The molecular weight excluding hydrogens is 217 g/mol. The van der Waals surface area contributed by atoms with Crippen LogP contribution in [0.4, 0.5) is 13.2 Å². The van der Waals surface area contributed by atoms with Crippen molar-refractivity contribution in [1.82, 2.24) is 4.90 Å². The zero-order valence-electron chi connectivity index (χ0n) is 9.76. The maximum Gasteiger partial charge on any atom is 0.392 e. The second kappa shape index (κ2) is 5.87. The van der Waals surface area contributed by atoms with Gasteiger partial charge in [-0.15, -0.1) is 0 Å². The lowest BCUT2D eigenvalue weighted by molar-refractivity contribution is -0.197. The Bertz CT molecular complexity index is 206. The summed E-state index contributed by atoms with van der Waals surface area (Å²) >= 11 is 0. The first-order chi connectivity index (χ1) is 7.45. The largest absolute Gasteiger partial charge is 0.392 e. The summed E-state index contributed by atoms with van der Waals surface area (Å²) in [6.45, 7) is 1.68. The Morgan fingerprint density at radius 3 is 2.44 bits per heavy atom. The third kappa shape index (κ3) is 3.94. The van der Waals surface area contributed by atoms with Crippen molar-refractivity contribution in [2.24, 2.45) is 17.6 Å². The van der Waals surface area contributed by atoms with Crippen LogP contribution in [-0.4, -0.2) is 37.8 Å². The summed E-state index contributed by atoms with van der Waals surface area (Å²) in [7, 11) is 1.84. The van der Waals surface area contributed by atoms with Gasteiger partial charge in [0.05, 0.1) is 5.92 Å². The fourth-order valence-electron chi connectivity index (χ4n) is 2.57. The molecule has 2 nitrogen and oxygen atoms in total. The Hall–Kier alpha value is -0.290. The molecule has 0 spiro atoms. The molecule has 0 aromatic carbocycles. The molecule has 1 rings (SSSR count). The molecule has 1 saturated carbocycles. The van der Waals surface area contributed by atoms with Crippen LogP contribution in [0.5, 0.6) is 0 Å². The van der Waals surface area contributed by atoms with E-state index in [4.69, 9.17) is 5.73 Å². The number of hydrogen-bond donors (Lipinski definition) is 1. The number of rotatable bonds is 4. The SMILES string of the molecule is CN(CCN)CC1CCCCC1C(F)(F)F. The highest BCUT2D eigenvalue weighted by molar-refractivity contribution is 4.82. The Morgan fingerprint density at radius 1 is 1.25 bits per heavy atom. The normalized spacial score (nSPS) is 27.4. The molecule has 2 unspecified atom stereocenters. The van der Waals surface area contributed by atoms with Crippen LogP contribution in [0, 0.1) is 11.8 Å². The van der Waals surface area contributed by atoms with Crippen molar-refractivity contribution in [2.75, 3.05) is 26.7 Å². The van der Waals surface area contributed by atoms with E-state index < -0.39 is 12.1 Å². The first-order valence-electron chi connectivity index (χ1n) is 5.90. The number of alkyl halides is 3. The van der Waals surface area contributed by atoms with Crippen LogP contribution in [-0.2, 0) is 0 Å². The average molecular weight is 238 g/mol. The van der Waals surface area contributed by atoms with E-state index in [1.807, 2.05) is 11.9 Å². The number of hydrogen-bond acceptors (Lipinski definition) is 2. The Morgan fingerprint density at radius 2 is 1.88 bits per heavy atom. The van der Waals surface area contributed by atoms with Gasteiger partial charge in [0.25, 0.3) is 0 Å². The van der Waals surface area contributed by atoms with E-state index >= 15 is 0 Å². The molecule has 1 aliphatic rings. The summed E-state index contributed by atoms with van der Waals surface area (Å²) in [5.74, 6) is -1.35. The summed E-state index contributed by atoms with van der Waals surface area (Å²) < 4.78 is 38.4. The van der Waals surface area contributed by atoms with Gasteiger partial charge in [-0.25, -0.2) is 0 Å². The van der Waals surface area contributed by atoms with Gasteiger partial charge in [0.1, 0.15) is 0 Å². The van der Waals surface area contributed by atoms with E-state index in [2.05, 4.69) is 0 Å². The second-order valence-electron chi connectivity index (χ2n) is 4.74. The van der Waals surface area contributed by atoms with Gasteiger partial charge in [0, 0.05) is 19.6 Å². The number of nitrogens with two attached hydrogens (primary N) is 1. The van der Waals surface area contributed by atoms with Crippen LogP contribution in [0.2, 0.25) is 0 Å². The predicted molar refractivity (Wildman–Crippen MR) is 58.1 cm³/mol. The van der Waals surface area contributed by atoms with Crippen molar-refractivity contribution in [3.8, 4) is 0 Å². The monoisotopic (exact) mass is 238 g/mol. The quantitative estimate of drug-likeness (QED) is 0.814. The van der Waals surface area contributed by atoms with Crippen molar-refractivity contribution >= 4 is 0 Å². The minimum atomic E-state index is -4.03. The van der Waals surface area contributed by atoms with Crippen LogP contribution in [0.25, 0.3) is 0 Å². The highest BCUT2D eigenvalue weighted by Crippen LogP contribution is 2.41. The highest BCUT2D eigenvalue weighted by Gasteiger charge is 2.45. The fraction of sp³-hybridized carbons (Fsp3) is 1.00. The van der Waals surface area contributed by atoms with E-state index in [-0.39, 0.29) is 5.92 Å². The Labute approximate surface area is 95.0 Å². The van der Waals surface area contributed by atoms with Crippen molar-refractivity contribution in [3.05, 3.63) is 0 Å². The zero-order valence-corrected chi connectivity index (χ0v) is 9.76. The topological polar surface area (TPSA) is 29.3 Å². The van der Waals surface area contributed by atoms with Crippen molar-refractivity contribution in [2.45, 2.75) is 31.9 Å². The zero-order chi connectivity index (χ0) is 12.2. The third-order valence-corrected chi connectivity index (χ3v) is 3.39. The lowest BCUT2D eigenvalue weighted by Gasteiger charge is -2.35. The maximum absolute atomic E-state index is 12.8. The molecule has 96 valence electrons. The fourth-order valence-corrected chi connectivity index (χ4v) is 2.57. The number of halogens is 3. The maximum atomic E-state index is 12.8. The molecule has 0 saturated heterocycles.